The summed E-state index contributed by atoms with van der Waals surface area (Å²) in [6.07, 6.45) is -5.50. The molecule has 1 aromatic heterocycles. The van der Waals surface area contributed by atoms with Gasteiger partial charge in [-0.15, -0.1) is 0 Å². The van der Waals surface area contributed by atoms with Crippen LogP contribution in [0.15, 0.2) is 36.5 Å². The number of nitrogens with zero attached hydrogens (tertiary/aromatic N) is 3. The standard InChI is InChI=1S/C16H16F5N3O/c1-2-8-23(10-14(17)18)15(25)11-3-5-12(6-4-11)24-9-7-13(22-24)16(19,20)21/h3-7,9,14H,2,8,10H2,1H3. The van der Waals surface area contributed by atoms with Crippen LogP contribution in [0.3, 0.4) is 0 Å². The summed E-state index contributed by atoms with van der Waals surface area (Å²) in [6, 6.07) is 6.41. The van der Waals surface area contributed by atoms with Gasteiger partial charge in [0, 0.05) is 18.3 Å². The summed E-state index contributed by atoms with van der Waals surface area (Å²) in [6.45, 7) is 1.30. The SMILES string of the molecule is CCCN(CC(F)F)C(=O)c1ccc(-n2ccc(C(F)(F)F)n2)cc1. The molecule has 0 unspecified atom stereocenters. The minimum Gasteiger partial charge on any atom is -0.333 e. The van der Waals surface area contributed by atoms with Crippen molar-refractivity contribution < 1.29 is 26.7 Å². The van der Waals surface area contributed by atoms with Crippen LogP contribution in [0.5, 0.6) is 0 Å². The number of amides is 1. The summed E-state index contributed by atoms with van der Waals surface area (Å²) in [7, 11) is 0. The Hall–Kier alpha value is -2.45. The molecule has 4 nitrogen and oxygen atoms in total. The third kappa shape index (κ3) is 4.77. The van der Waals surface area contributed by atoms with Gasteiger partial charge >= 0.3 is 6.18 Å². The van der Waals surface area contributed by atoms with Gasteiger partial charge in [-0.05, 0) is 36.8 Å². The van der Waals surface area contributed by atoms with Crippen molar-refractivity contribution in [3.8, 4) is 5.69 Å². The van der Waals surface area contributed by atoms with Crippen molar-refractivity contribution in [2.24, 2.45) is 0 Å². The number of benzene rings is 1. The first-order valence-electron chi connectivity index (χ1n) is 7.53. The summed E-state index contributed by atoms with van der Waals surface area (Å²) in [5, 5.41) is 3.43. The molecule has 0 fully saturated rings. The molecule has 0 aliphatic rings. The number of hydrogen-bond acceptors (Lipinski definition) is 2. The minimum atomic E-state index is -4.54. The van der Waals surface area contributed by atoms with E-state index in [1.165, 1.54) is 24.3 Å². The second-order valence-corrected chi connectivity index (χ2v) is 5.33. The average Bonchev–Trinajstić information content (AvgIpc) is 3.04. The number of halogens is 5. The van der Waals surface area contributed by atoms with Gasteiger partial charge in [0.1, 0.15) is 0 Å². The number of hydrogen-bond donors (Lipinski definition) is 0. The highest BCUT2D eigenvalue weighted by molar-refractivity contribution is 5.94. The van der Waals surface area contributed by atoms with Crippen LogP contribution in [0.1, 0.15) is 29.4 Å². The highest BCUT2D eigenvalue weighted by Gasteiger charge is 2.33. The first-order chi connectivity index (χ1) is 11.7. The lowest BCUT2D eigenvalue weighted by Gasteiger charge is -2.21. The summed E-state index contributed by atoms with van der Waals surface area (Å²) < 4.78 is 63.9. The van der Waals surface area contributed by atoms with Crippen LogP contribution in [0, 0.1) is 0 Å². The van der Waals surface area contributed by atoms with E-state index in [4.69, 9.17) is 0 Å². The topological polar surface area (TPSA) is 38.1 Å². The van der Waals surface area contributed by atoms with E-state index in [0.29, 0.717) is 12.1 Å². The molecule has 0 N–H and O–H groups in total. The zero-order valence-electron chi connectivity index (χ0n) is 13.3. The van der Waals surface area contributed by atoms with Crippen molar-refractivity contribution >= 4 is 5.91 Å². The predicted molar refractivity (Wildman–Crippen MR) is 80.8 cm³/mol. The van der Waals surface area contributed by atoms with Crippen molar-refractivity contribution in [2.75, 3.05) is 13.1 Å². The van der Waals surface area contributed by atoms with Crippen molar-refractivity contribution in [1.82, 2.24) is 14.7 Å². The number of alkyl halides is 5. The maximum absolute atomic E-state index is 12.6. The Morgan fingerprint density at radius 2 is 1.84 bits per heavy atom. The molecule has 0 spiro atoms. The molecule has 1 aromatic carbocycles. The molecule has 1 amide bonds. The number of carbonyl (C=O) groups is 1. The van der Waals surface area contributed by atoms with Gasteiger partial charge in [-0.25, -0.2) is 13.5 Å². The molecular formula is C16H16F5N3O. The van der Waals surface area contributed by atoms with Gasteiger partial charge in [0.05, 0.1) is 12.2 Å². The van der Waals surface area contributed by atoms with Gasteiger partial charge in [0.2, 0.25) is 0 Å². The highest BCUT2D eigenvalue weighted by Crippen LogP contribution is 2.27. The van der Waals surface area contributed by atoms with Crippen LogP contribution in [-0.2, 0) is 6.18 Å². The quantitative estimate of drug-likeness (QED) is 0.729. The van der Waals surface area contributed by atoms with E-state index in [0.717, 1.165) is 21.8 Å². The van der Waals surface area contributed by atoms with E-state index in [2.05, 4.69) is 5.10 Å². The summed E-state index contributed by atoms with van der Waals surface area (Å²) in [5.74, 6) is -0.551. The van der Waals surface area contributed by atoms with E-state index in [1.54, 1.807) is 6.92 Å². The molecule has 0 aliphatic carbocycles. The Bertz CT molecular complexity index is 709. The Morgan fingerprint density at radius 3 is 2.32 bits per heavy atom. The Kier molecular flexibility index (Phi) is 5.76. The highest BCUT2D eigenvalue weighted by atomic mass is 19.4. The van der Waals surface area contributed by atoms with Crippen molar-refractivity contribution in [1.29, 1.82) is 0 Å². The van der Waals surface area contributed by atoms with E-state index < -0.39 is 30.7 Å². The number of aromatic nitrogens is 2. The van der Waals surface area contributed by atoms with Crippen LogP contribution in [0.4, 0.5) is 22.0 Å². The molecule has 2 aromatic rings. The lowest BCUT2D eigenvalue weighted by atomic mass is 10.1. The molecule has 0 radical (unpaired) electrons. The first kappa shape index (κ1) is 18.9. The van der Waals surface area contributed by atoms with Crippen LogP contribution >= 0.6 is 0 Å². The molecule has 1 heterocycles. The first-order valence-corrected chi connectivity index (χ1v) is 7.53. The molecule has 25 heavy (non-hydrogen) atoms. The Morgan fingerprint density at radius 1 is 1.20 bits per heavy atom. The average molecular weight is 361 g/mol. The molecule has 0 saturated carbocycles. The Labute approximate surface area is 140 Å². The zero-order valence-corrected chi connectivity index (χ0v) is 13.3. The molecule has 0 atom stereocenters. The number of rotatable bonds is 6. The maximum Gasteiger partial charge on any atom is 0.435 e. The van der Waals surface area contributed by atoms with Crippen molar-refractivity contribution in [3.05, 3.63) is 47.8 Å². The van der Waals surface area contributed by atoms with Crippen molar-refractivity contribution in [3.63, 3.8) is 0 Å². The lowest BCUT2D eigenvalue weighted by molar-refractivity contribution is -0.141. The zero-order chi connectivity index (χ0) is 18.6. The van der Waals surface area contributed by atoms with E-state index in [9.17, 15) is 26.7 Å². The molecule has 0 aliphatic heterocycles. The van der Waals surface area contributed by atoms with Crippen LogP contribution in [0.2, 0.25) is 0 Å². The fraction of sp³-hybridized carbons (Fsp3) is 0.375. The van der Waals surface area contributed by atoms with E-state index >= 15 is 0 Å². The normalized spacial score (nSPS) is 11.8. The van der Waals surface area contributed by atoms with Gasteiger partial charge in [-0.2, -0.15) is 18.3 Å². The second kappa shape index (κ2) is 7.62. The molecule has 0 saturated heterocycles. The summed E-state index contributed by atoms with van der Waals surface area (Å²) >= 11 is 0. The number of carbonyl (C=O) groups excluding carboxylic acids is 1. The van der Waals surface area contributed by atoms with Gasteiger partial charge < -0.3 is 4.90 Å². The van der Waals surface area contributed by atoms with E-state index in [1.807, 2.05) is 0 Å². The summed E-state index contributed by atoms with van der Waals surface area (Å²) in [5.41, 5.74) is -0.525. The van der Waals surface area contributed by atoms with Gasteiger partial charge in [-0.3, -0.25) is 4.79 Å². The third-order valence-electron chi connectivity index (χ3n) is 3.40. The monoisotopic (exact) mass is 361 g/mol. The van der Waals surface area contributed by atoms with Crippen molar-refractivity contribution in [2.45, 2.75) is 25.9 Å². The predicted octanol–water partition coefficient (Wildman–Crippen LogP) is 4.01. The molecule has 0 bridgehead atoms. The van der Waals surface area contributed by atoms with Gasteiger partial charge in [-0.1, -0.05) is 6.92 Å². The van der Waals surface area contributed by atoms with Crippen LogP contribution < -0.4 is 0 Å². The molecule has 2 rings (SSSR count). The lowest BCUT2D eigenvalue weighted by Crippen LogP contribution is -2.35. The fourth-order valence-electron chi connectivity index (χ4n) is 2.27. The smallest absolute Gasteiger partial charge is 0.333 e. The molecular weight excluding hydrogens is 345 g/mol. The van der Waals surface area contributed by atoms with Crippen LogP contribution in [0.25, 0.3) is 5.69 Å². The largest absolute Gasteiger partial charge is 0.435 e. The maximum atomic E-state index is 12.6. The third-order valence-corrected chi connectivity index (χ3v) is 3.40. The molecule has 136 valence electrons. The minimum absolute atomic E-state index is 0.182. The van der Waals surface area contributed by atoms with Gasteiger partial charge in [0.15, 0.2) is 5.69 Å². The summed E-state index contributed by atoms with van der Waals surface area (Å²) in [4.78, 5) is 13.3. The van der Waals surface area contributed by atoms with E-state index in [-0.39, 0.29) is 12.1 Å². The molecule has 9 heteroatoms. The van der Waals surface area contributed by atoms with Gasteiger partial charge in [0.25, 0.3) is 12.3 Å². The fourth-order valence-corrected chi connectivity index (χ4v) is 2.27. The second-order valence-electron chi connectivity index (χ2n) is 5.33. The van der Waals surface area contributed by atoms with Crippen LogP contribution in [-0.4, -0.2) is 40.1 Å². The Balaban J connectivity index is 2.18.